The molecule has 2 nitrogen and oxygen atoms in total. The van der Waals surface area contributed by atoms with Crippen molar-refractivity contribution in [3.05, 3.63) is 34.6 Å². The predicted molar refractivity (Wildman–Crippen MR) is 51.7 cm³/mol. The van der Waals surface area contributed by atoms with Gasteiger partial charge >= 0.3 is 0 Å². The molecule has 2 heterocycles. The van der Waals surface area contributed by atoms with E-state index in [0.717, 1.165) is 21.4 Å². The summed E-state index contributed by atoms with van der Waals surface area (Å²) < 4.78 is 0.723. The normalized spacial score (nSPS) is 10.4. The van der Waals surface area contributed by atoms with Crippen molar-refractivity contribution in [2.75, 3.05) is 0 Å². The van der Waals surface area contributed by atoms with Gasteiger partial charge in [0, 0.05) is 11.1 Å². The monoisotopic (exact) mass is 176 g/mol. The van der Waals surface area contributed by atoms with Crippen LogP contribution in [0.1, 0.15) is 5.69 Å². The predicted octanol–water partition coefficient (Wildman–Crippen LogP) is 2.60. The number of pyridine rings is 2. The van der Waals surface area contributed by atoms with Crippen LogP contribution in [0.5, 0.6) is 0 Å². The molecule has 2 aromatic rings. The summed E-state index contributed by atoms with van der Waals surface area (Å²) in [4.78, 5) is 7.35. The molecule has 0 fully saturated rings. The van der Waals surface area contributed by atoms with Crippen molar-refractivity contribution in [3.8, 4) is 0 Å². The van der Waals surface area contributed by atoms with Crippen molar-refractivity contribution in [1.82, 2.24) is 9.97 Å². The molecular weight excluding hydrogens is 168 g/mol. The molecule has 0 saturated heterocycles. The summed E-state index contributed by atoms with van der Waals surface area (Å²) in [5.74, 6) is 0. The molecule has 0 atom stereocenters. The van der Waals surface area contributed by atoms with Crippen LogP contribution in [0.2, 0.25) is 0 Å². The molecule has 1 N–H and O–H groups in total. The lowest BCUT2D eigenvalue weighted by atomic mass is 10.3. The van der Waals surface area contributed by atoms with Gasteiger partial charge < -0.3 is 4.98 Å². The van der Waals surface area contributed by atoms with E-state index >= 15 is 0 Å². The quantitative estimate of drug-likeness (QED) is 0.625. The lowest BCUT2D eigenvalue weighted by Crippen LogP contribution is -1.85. The van der Waals surface area contributed by atoms with Gasteiger partial charge in [-0.15, -0.1) is 0 Å². The first-order valence-electron chi connectivity index (χ1n) is 3.72. The highest BCUT2D eigenvalue weighted by atomic mass is 32.1. The minimum Gasteiger partial charge on any atom is -0.331 e. The molecule has 0 saturated carbocycles. The Kier molecular flexibility index (Phi) is 1.66. The van der Waals surface area contributed by atoms with Crippen molar-refractivity contribution in [3.63, 3.8) is 0 Å². The number of H-pyrrole nitrogens is 1. The highest BCUT2D eigenvalue weighted by molar-refractivity contribution is 7.71. The Bertz CT molecular complexity index is 473. The number of rotatable bonds is 0. The SMILES string of the molecule is Cc1ccc2ccc(=S)[nH]c2n1. The minimum absolute atomic E-state index is 0.723. The van der Waals surface area contributed by atoms with Crippen LogP contribution in [0.3, 0.4) is 0 Å². The maximum Gasteiger partial charge on any atom is 0.138 e. The van der Waals surface area contributed by atoms with Crippen LogP contribution in [-0.4, -0.2) is 9.97 Å². The number of aromatic nitrogens is 2. The maximum absolute atomic E-state index is 4.99. The fourth-order valence-electron chi connectivity index (χ4n) is 1.13. The van der Waals surface area contributed by atoms with Crippen molar-refractivity contribution < 1.29 is 0 Å². The third kappa shape index (κ3) is 1.23. The molecule has 0 aliphatic carbocycles. The zero-order valence-corrected chi connectivity index (χ0v) is 7.48. The Morgan fingerprint density at radius 3 is 2.83 bits per heavy atom. The summed E-state index contributed by atoms with van der Waals surface area (Å²) in [7, 11) is 0. The smallest absolute Gasteiger partial charge is 0.138 e. The first-order valence-corrected chi connectivity index (χ1v) is 4.13. The van der Waals surface area contributed by atoms with E-state index in [1.807, 2.05) is 31.2 Å². The molecule has 2 rings (SSSR count). The minimum atomic E-state index is 0.723. The number of hydrogen-bond acceptors (Lipinski definition) is 2. The van der Waals surface area contributed by atoms with Gasteiger partial charge in [-0.05, 0) is 31.2 Å². The van der Waals surface area contributed by atoms with Gasteiger partial charge in [-0.3, -0.25) is 0 Å². The Labute approximate surface area is 75.3 Å². The number of hydrogen-bond donors (Lipinski definition) is 1. The van der Waals surface area contributed by atoms with Crippen LogP contribution in [0.4, 0.5) is 0 Å². The van der Waals surface area contributed by atoms with E-state index in [0.29, 0.717) is 0 Å². The topological polar surface area (TPSA) is 28.7 Å². The van der Waals surface area contributed by atoms with Crippen LogP contribution in [0, 0.1) is 11.6 Å². The van der Waals surface area contributed by atoms with Gasteiger partial charge in [-0.1, -0.05) is 12.2 Å². The summed E-state index contributed by atoms with van der Waals surface area (Å²) in [6.07, 6.45) is 0. The molecule has 2 aromatic heterocycles. The second kappa shape index (κ2) is 2.68. The van der Waals surface area contributed by atoms with E-state index in [2.05, 4.69) is 9.97 Å². The lowest BCUT2D eigenvalue weighted by Gasteiger charge is -1.97. The third-order valence-corrected chi connectivity index (χ3v) is 1.96. The van der Waals surface area contributed by atoms with Crippen LogP contribution in [-0.2, 0) is 0 Å². The summed E-state index contributed by atoms with van der Waals surface area (Å²) >= 11 is 4.99. The molecular formula is C9H8N2S. The number of aromatic amines is 1. The highest BCUT2D eigenvalue weighted by Crippen LogP contribution is 2.08. The van der Waals surface area contributed by atoms with Gasteiger partial charge in [0.15, 0.2) is 0 Å². The Balaban J connectivity index is 2.89. The van der Waals surface area contributed by atoms with E-state index < -0.39 is 0 Å². The molecule has 60 valence electrons. The molecule has 0 aliphatic rings. The second-order valence-corrected chi connectivity index (χ2v) is 3.15. The maximum atomic E-state index is 4.99. The van der Waals surface area contributed by atoms with E-state index in [9.17, 15) is 0 Å². The molecule has 0 radical (unpaired) electrons. The first-order chi connectivity index (χ1) is 5.75. The summed E-state index contributed by atoms with van der Waals surface area (Å²) in [6, 6.07) is 7.86. The van der Waals surface area contributed by atoms with Crippen LogP contribution in [0.15, 0.2) is 24.3 Å². The number of fused-ring (bicyclic) bond motifs is 1. The molecule has 0 spiro atoms. The zero-order valence-electron chi connectivity index (χ0n) is 6.66. The molecule has 0 bridgehead atoms. The lowest BCUT2D eigenvalue weighted by molar-refractivity contribution is 1.20. The van der Waals surface area contributed by atoms with Crippen molar-refractivity contribution in [2.24, 2.45) is 0 Å². The second-order valence-electron chi connectivity index (χ2n) is 2.71. The van der Waals surface area contributed by atoms with Gasteiger partial charge in [-0.25, -0.2) is 4.98 Å². The van der Waals surface area contributed by atoms with Gasteiger partial charge in [-0.2, -0.15) is 0 Å². The van der Waals surface area contributed by atoms with Crippen LogP contribution < -0.4 is 0 Å². The van der Waals surface area contributed by atoms with Crippen molar-refractivity contribution in [2.45, 2.75) is 6.92 Å². The fraction of sp³-hybridized carbons (Fsp3) is 0.111. The summed E-state index contributed by atoms with van der Waals surface area (Å²) in [5.41, 5.74) is 1.86. The van der Waals surface area contributed by atoms with Gasteiger partial charge in [0.25, 0.3) is 0 Å². The Morgan fingerprint density at radius 2 is 2.00 bits per heavy atom. The van der Waals surface area contributed by atoms with Gasteiger partial charge in [0.2, 0.25) is 0 Å². The average molecular weight is 176 g/mol. The van der Waals surface area contributed by atoms with Gasteiger partial charge in [0.05, 0.1) is 0 Å². The van der Waals surface area contributed by atoms with Crippen molar-refractivity contribution >= 4 is 23.3 Å². The van der Waals surface area contributed by atoms with E-state index in [1.165, 1.54) is 0 Å². The molecule has 0 amide bonds. The van der Waals surface area contributed by atoms with Crippen LogP contribution in [0.25, 0.3) is 11.0 Å². The molecule has 0 aliphatic heterocycles. The summed E-state index contributed by atoms with van der Waals surface area (Å²) in [5, 5.41) is 1.09. The third-order valence-electron chi connectivity index (χ3n) is 1.72. The highest BCUT2D eigenvalue weighted by Gasteiger charge is 1.93. The molecule has 0 unspecified atom stereocenters. The summed E-state index contributed by atoms with van der Waals surface area (Å²) in [6.45, 7) is 1.96. The van der Waals surface area contributed by atoms with E-state index in [4.69, 9.17) is 12.2 Å². The zero-order chi connectivity index (χ0) is 8.55. The number of aryl methyl sites for hydroxylation is 1. The van der Waals surface area contributed by atoms with Gasteiger partial charge in [0.1, 0.15) is 10.3 Å². The fourth-order valence-corrected chi connectivity index (χ4v) is 1.29. The Hall–Kier alpha value is -1.22. The average Bonchev–Trinajstić information content (AvgIpc) is 2.03. The number of nitrogens with one attached hydrogen (secondary N) is 1. The van der Waals surface area contributed by atoms with E-state index in [1.54, 1.807) is 0 Å². The standard InChI is InChI=1S/C9H8N2S/c1-6-2-3-7-4-5-8(12)11-9(7)10-6/h2-5H,1H3,(H,10,11,12). The molecule has 3 heteroatoms. The van der Waals surface area contributed by atoms with Crippen LogP contribution >= 0.6 is 12.2 Å². The van der Waals surface area contributed by atoms with E-state index in [-0.39, 0.29) is 0 Å². The largest absolute Gasteiger partial charge is 0.331 e. The van der Waals surface area contributed by atoms with Crippen molar-refractivity contribution in [1.29, 1.82) is 0 Å². The number of nitrogens with zero attached hydrogens (tertiary/aromatic N) is 1. The molecule has 0 aromatic carbocycles. The molecule has 12 heavy (non-hydrogen) atoms. The Morgan fingerprint density at radius 1 is 1.25 bits per heavy atom. The first kappa shape index (κ1) is 7.43.